The first-order chi connectivity index (χ1) is 22.9. The number of piperidine rings is 1. The van der Waals surface area contributed by atoms with E-state index in [1.807, 2.05) is 31.2 Å². The van der Waals surface area contributed by atoms with Gasteiger partial charge in [-0.25, -0.2) is 9.98 Å². The molecule has 0 unspecified atom stereocenters. The van der Waals surface area contributed by atoms with E-state index in [-0.39, 0.29) is 11.3 Å². The number of piperazine rings is 1. The van der Waals surface area contributed by atoms with Gasteiger partial charge in [0, 0.05) is 50.2 Å². The zero-order valence-corrected chi connectivity index (χ0v) is 29.3. The predicted octanol–water partition coefficient (Wildman–Crippen LogP) is 5.08. The molecule has 11 nitrogen and oxygen atoms in total. The number of likely N-dealkylation sites (tertiary alicyclic amines) is 1. The van der Waals surface area contributed by atoms with Crippen LogP contribution in [0.5, 0.6) is 5.75 Å². The fraction of sp³-hybridized carbons (Fsp3) is 0.459. The SMILES string of the molecule is C=C/N=C1/C=NC(N2CCN(CC3CCN(C)CC3)CC2)=N/C1=C(/N)Nc1cc(C(=O)Nc2cc(C(C)(C)C)ccc2OC)ccc1C. The maximum Gasteiger partial charge on any atom is 0.255 e. The number of amides is 1. The molecule has 2 aromatic carbocycles. The lowest BCUT2D eigenvalue weighted by Crippen LogP contribution is -2.50. The Morgan fingerprint density at radius 2 is 1.79 bits per heavy atom. The van der Waals surface area contributed by atoms with E-state index < -0.39 is 0 Å². The number of methoxy groups -OCH3 is 1. The van der Waals surface area contributed by atoms with Crippen LogP contribution in [0.4, 0.5) is 11.4 Å². The third-order valence-electron chi connectivity index (χ3n) is 9.33. The van der Waals surface area contributed by atoms with Gasteiger partial charge in [-0.3, -0.25) is 14.7 Å². The van der Waals surface area contributed by atoms with E-state index >= 15 is 0 Å². The van der Waals surface area contributed by atoms with Crippen LogP contribution in [0.2, 0.25) is 0 Å². The molecule has 0 saturated carbocycles. The molecule has 3 aliphatic heterocycles. The van der Waals surface area contributed by atoms with E-state index in [0.29, 0.717) is 45.9 Å². The van der Waals surface area contributed by atoms with Crippen LogP contribution in [0, 0.1) is 12.8 Å². The topological polar surface area (TPSA) is 123 Å². The number of nitrogens with one attached hydrogen (secondary N) is 2. The Morgan fingerprint density at radius 1 is 1.06 bits per heavy atom. The van der Waals surface area contributed by atoms with Crippen LogP contribution in [-0.4, -0.2) is 98.5 Å². The number of carbonyl (C=O) groups is 1. The molecule has 0 aromatic heterocycles. The summed E-state index contributed by atoms with van der Waals surface area (Å²) in [5.41, 5.74) is 11.4. The Hall–Kier alpha value is -4.48. The second-order valence-corrected chi connectivity index (χ2v) is 13.9. The van der Waals surface area contributed by atoms with Crippen LogP contribution in [-0.2, 0) is 5.41 Å². The second-order valence-electron chi connectivity index (χ2n) is 13.9. The molecule has 48 heavy (non-hydrogen) atoms. The Kier molecular flexibility index (Phi) is 11.0. The number of carbonyl (C=O) groups excluding carboxylic acids is 1. The Morgan fingerprint density at radius 3 is 2.46 bits per heavy atom. The summed E-state index contributed by atoms with van der Waals surface area (Å²) in [6.07, 6.45) is 5.68. The first-order valence-electron chi connectivity index (χ1n) is 16.8. The number of anilines is 2. The summed E-state index contributed by atoms with van der Waals surface area (Å²) < 4.78 is 5.54. The van der Waals surface area contributed by atoms with Gasteiger partial charge in [0.15, 0.2) is 0 Å². The summed E-state index contributed by atoms with van der Waals surface area (Å²) >= 11 is 0. The Labute approximate surface area is 285 Å². The number of guanidine groups is 1. The van der Waals surface area contributed by atoms with Crippen LogP contribution in [0.3, 0.4) is 0 Å². The highest BCUT2D eigenvalue weighted by molar-refractivity contribution is 6.41. The van der Waals surface area contributed by atoms with E-state index in [9.17, 15) is 4.79 Å². The number of rotatable bonds is 8. The van der Waals surface area contributed by atoms with Crippen LogP contribution < -0.4 is 21.1 Å². The molecular weight excluding hydrogens is 602 g/mol. The maximum absolute atomic E-state index is 13.5. The Bertz CT molecular complexity index is 1620. The number of ether oxygens (including phenoxy) is 1. The van der Waals surface area contributed by atoms with Gasteiger partial charge in [0.05, 0.1) is 19.0 Å². The number of aryl methyl sites for hydroxylation is 1. The van der Waals surface area contributed by atoms with Gasteiger partial charge in [-0.2, -0.15) is 0 Å². The molecule has 5 rings (SSSR count). The molecule has 0 bridgehead atoms. The van der Waals surface area contributed by atoms with Crippen molar-refractivity contribution in [3.63, 3.8) is 0 Å². The first kappa shape index (κ1) is 34.8. The molecule has 11 heteroatoms. The van der Waals surface area contributed by atoms with Crippen molar-refractivity contribution in [2.45, 2.75) is 46.0 Å². The lowest BCUT2D eigenvalue weighted by atomic mass is 9.87. The largest absolute Gasteiger partial charge is 0.495 e. The standard InChI is InChI=1S/C37H51N9O2/c1-8-39-31-23-40-36(46-19-17-45(18-20-46)24-26-13-15-44(6)16-14-26)43-33(31)34(38)41-29-21-27(10-9-25(29)2)35(47)42-30-22-28(37(3,4)5)11-12-32(30)48-7/h8-12,21-23,26,41H,1,13-20,24,38H2,2-7H3,(H,42,47)/b34-33-,39-31-. The number of hydrogen-bond acceptors (Lipinski definition) is 10. The van der Waals surface area contributed by atoms with Crippen molar-refractivity contribution in [2.75, 3.05) is 70.6 Å². The molecule has 0 aliphatic carbocycles. The number of hydrogen-bond donors (Lipinski definition) is 3. The minimum atomic E-state index is -0.261. The molecule has 2 saturated heterocycles. The van der Waals surface area contributed by atoms with Gasteiger partial charge < -0.3 is 30.9 Å². The van der Waals surface area contributed by atoms with Gasteiger partial charge >= 0.3 is 0 Å². The van der Waals surface area contributed by atoms with Crippen molar-refractivity contribution >= 4 is 35.2 Å². The molecule has 3 aliphatic rings. The number of nitrogens with zero attached hydrogens (tertiary/aromatic N) is 6. The third kappa shape index (κ3) is 8.51. The second kappa shape index (κ2) is 15.2. The van der Waals surface area contributed by atoms with Crippen molar-refractivity contribution in [1.82, 2.24) is 14.7 Å². The molecule has 0 atom stereocenters. The van der Waals surface area contributed by atoms with Crippen LogP contribution in [0.25, 0.3) is 0 Å². The van der Waals surface area contributed by atoms with E-state index in [2.05, 4.69) is 69.7 Å². The number of allylic oxidation sites excluding steroid dienone is 1. The molecular formula is C37H51N9O2. The van der Waals surface area contributed by atoms with Gasteiger partial charge in [-0.05, 0) is 86.6 Å². The smallest absolute Gasteiger partial charge is 0.255 e. The number of aliphatic imine (C=N–C) groups is 3. The fourth-order valence-corrected chi connectivity index (χ4v) is 6.22. The molecule has 3 heterocycles. The normalized spacial score (nSPS) is 20.0. The maximum atomic E-state index is 13.5. The monoisotopic (exact) mass is 653 g/mol. The summed E-state index contributed by atoms with van der Waals surface area (Å²) in [6.45, 7) is 19.3. The Balaban J connectivity index is 1.31. The average Bonchev–Trinajstić information content (AvgIpc) is 3.07. The van der Waals surface area contributed by atoms with E-state index in [1.165, 1.54) is 32.1 Å². The zero-order valence-electron chi connectivity index (χ0n) is 29.3. The highest BCUT2D eigenvalue weighted by Gasteiger charge is 2.26. The summed E-state index contributed by atoms with van der Waals surface area (Å²) in [5, 5.41) is 6.33. The molecule has 2 fully saturated rings. The van der Waals surface area contributed by atoms with Crippen LogP contribution >= 0.6 is 0 Å². The van der Waals surface area contributed by atoms with Crippen molar-refractivity contribution in [1.29, 1.82) is 0 Å². The van der Waals surface area contributed by atoms with Gasteiger partial charge in [-0.1, -0.05) is 39.5 Å². The summed E-state index contributed by atoms with van der Waals surface area (Å²) in [4.78, 5) is 34.6. The summed E-state index contributed by atoms with van der Waals surface area (Å²) in [5.74, 6) is 2.03. The van der Waals surface area contributed by atoms with Gasteiger partial charge in [0.25, 0.3) is 5.91 Å². The van der Waals surface area contributed by atoms with E-state index in [0.717, 1.165) is 49.8 Å². The zero-order chi connectivity index (χ0) is 34.4. The molecule has 0 spiro atoms. The van der Waals surface area contributed by atoms with Gasteiger partial charge in [0.2, 0.25) is 5.96 Å². The predicted molar refractivity (Wildman–Crippen MR) is 197 cm³/mol. The number of benzene rings is 2. The van der Waals surface area contributed by atoms with Crippen molar-refractivity contribution < 1.29 is 9.53 Å². The van der Waals surface area contributed by atoms with E-state index in [4.69, 9.17) is 15.5 Å². The summed E-state index contributed by atoms with van der Waals surface area (Å²) in [7, 11) is 3.80. The van der Waals surface area contributed by atoms with Crippen LogP contribution in [0.1, 0.15) is 55.1 Å². The van der Waals surface area contributed by atoms with Crippen molar-refractivity contribution in [3.8, 4) is 5.75 Å². The minimum Gasteiger partial charge on any atom is -0.495 e. The molecule has 2 aromatic rings. The van der Waals surface area contributed by atoms with E-state index in [1.54, 1.807) is 25.5 Å². The molecule has 4 N–H and O–H groups in total. The summed E-state index contributed by atoms with van der Waals surface area (Å²) in [6, 6.07) is 11.3. The molecule has 1 amide bonds. The van der Waals surface area contributed by atoms with Gasteiger partial charge in [-0.15, -0.1) is 0 Å². The fourth-order valence-electron chi connectivity index (χ4n) is 6.22. The quantitative estimate of drug-likeness (QED) is 0.363. The average molecular weight is 654 g/mol. The highest BCUT2D eigenvalue weighted by Crippen LogP contribution is 2.32. The third-order valence-corrected chi connectivity index (χ3v) is 9.33. The van der Waals surface area contributed by atoms with Crippen molar-refractivity contribution in [2.24, 2.45) is 26.6 Å². The van der Waals surface area contributed by atoms with Gasteiger partial charge in [0.1, 0.15) is 23.0 Å². The lowest BCUT2D eigenvalue weighted by molar-refractivity contribution is 0.102. The highest BCUT2D eigenvalue weighted by atomic mass is 16.5. The van der Waals surface area contributed by atoms with Crippen LogP contribution in [0.15, 0.2) is 75.7 Å². The molecule has 0 radical (unpaired) electrons. The minimum absolute atomic E-state index is 0.0851. The first-order valence-corrected chi connectivity index (χ1v) is 16.8. The molecule has 256 valence electrons. The lowest BCUT2D eigenvalue weighted by Gasteiger charge is -2.38. The number of nitrogens with two attached hydrogens (primary N) is 1. The van der Waals surface area contributed by atoms with Crippen molar-refractivity contribution in [3.05, 3.63) is 77.4 Å².